The van der Waals surface area contributed by atoms with Crippen molar-refractivity contribution in [1.82, 2.24) is 10.2 Å². The molecule has 1 aromatic rings. The van der Waals surface area contributed by atoms with Crippen molar-refractivity contribution < 1.29 is 9.59 Å². The first-order chi connectivity index (χ1) is 9.24. The van der Waals surface area contributed by atoms with Gasteiger partial charge in [0.15, 0.2) is 0 Å². The number of benzene rings is 1. The molecule has 0 radical (unpaired) electrons. The van der Waals surface area contributed by atoms with Crippen molar-refractivity contribution in [2.45, 2.75) is 19.4 Å². The minimum absolute atomic E-state index is 0.0297. The molecule has 4 nitrogen and oxygen atoms in total. The Bertz CT molecular complexity index is 482. The van der Waals surface area contributed by atoms with E-state index in [1.165, 1.54) is 0 Å². The Kier molecular flexibility index (Phi) is 4.34. The van der Waals surface area contributed by atoms with E-state index in [0.29, 0.717) is 6.54 Å². The van der Waals surface area contributed by atoms with Crippen LogP contribution in [0.4, 0.5) is 0 Å². The van der Waals surface area contributed by atoms with Crippen molar-refractivity contribution in [1.29, 1.82) is 0 Å². The van der Waals surface area contributed by atoms with Crippen molar-refractivity contribution >= 4 is 11.8 Å². The average molecular weight is 258 g/mol. The van der Waals surface area contributed by atoms with Crippen LogP contribution in [-0.2, 0) is 9.59 Å². The zero-order valence-corrected chi connectivity index (χ0v) is 11.0. The van der Waals surface area contributed by atoms with E-state index in [-0.39, 0.29) is 18.4 Å². The standard InChI is InChI=1S/C15H18N2O2/c1-2-3-7-10-17-13(18)11-16-15(19)14(17)12-8-5-4-6-9-12/h2-6,8-9,14H,7,10-11H2,1H3,(H,16,19)/b3-2+. The van der Waals surface area contributed by atoms with Gasteiger partial charge >= 0.3 is 0 Å². The number of hydrogen-bond donors (Lipinski definition) is 1. The van der Waals surface area contributed by atoms with Crippen molar-refractivity contribution in [3.8, 4) is 0 Å². The molecule has 0 aliphatic carbocycles. The van der Waals surface area contributed by atoms with E-state index in [9.17, 15) is 9.59 Å². The number of rotatable bonds is 4. The molecule has 0 spiro atoms. The van der Waals surface area contributed by atoms with Gasteiger partial charge in [-0.3, -0.25) is 9.59 Å². The van der Waals surface area contributed by atoms with Crippen LogP contribution in [0.5, 0.6) is 0 Å². The summed E-state index contributed by atoms with van der Waals surface area (Å²) in [6.07, 6.45) is 4.71. The van der Waals surface area contributed by atoms with E-state index in [1.807, 2.05) is 49.4 Å². The molecule has 2 amide bonds. The zero-order valence-electron chi connectivity index (χ0n) is 11.0. The maximum Gasteiger partial charge on any atom is 0.247 e. The summed E-state index contributed by atoms with van der Waals surface area (Å²) in [5, 5.41) is 2.65. The molecule has 1 fully saturated rings. The number of allylic oxidation sites excluding steroid dienone is 1. The lowest BCUT2D eigenvalue weighted by Crippen LogP contribution is -2.53. The molecule has 0 bridgehead atoms. The zero-order chi connectivity index (χ0) is 13.7. The molecule has 2 rings (SSSR count). The van der Waals surface area contributed by atoms with Gasteiger partial charge in [0.25, 0.3) is 0 Å². The maximum absolute atomic E-state index is 12.1. The molecule has 19 heavy (non-hydrogen) atoms. The topological polar surface area (TPSA) is 49.4 Å². The Morgan fingerprint density at radius 1 is 1.32 bits per heavy atom. The third-order valence-electron chi connectivity index (χ3n) is 3.18. The van der Waals surface area contributed by atoms with Crippen LogP contribution in [0.3, 0.4) is 0 Å². The second kappa shape index (κ2) is 6.18. The summed E-state index contributed by atoms with van der Waals surface area (Å²) in [5.74, 6) is -0.135. The largest absolute Gasteiger partial charge is 0.345 e. The Morgan fingerprint density at radius 2 is 2.05 bits per heavy atom. The van der Waals surface area contributed by atoms with Crippen LogP contribution in [0.2, 0.25) is 0 Å². The SMILES string of the molecule is C/C=C/CCN1C(=O)CNC(=O)C1c1ccccc1. The normalized spacial score (nSPS) is 19.8. The first-order valence-corrected chi connectivity index (χ1v) is 6.47. The third kappa shape index (κ3) is 3.02. The van der Waals surface area contributed by atoms with Crippen LogP contribution in [0.25, 0.3) is 0 Å². The molecule has 1 aromatic carbocycles. The van der Waals surface area contributed by atoms with Gasteiger partial charge in [0.1, 0.15) is 6.04 Å². The van der Waals surface area contributed by atoms with Gasteiger partial charge in [0, 0.05) is 6.54 Å². The van der Waals surface area contributed by atoms with Gasteiger partial charge in [0.05, 0.1) is 6.54 Å². The van der Waals surface area contributed by atoms with Gasteiger partial charge < -0.3 is 10.2 Å². The molecular formula is C15H18N2O2. The van der Waals surface area contributed by atoms with E-state index in [1.54, 1.807) is 4.90 Å². The quantitative estimate of drug-likeness (QED) is 0.835. The monoisotopic (exact) mass is 258 g/mol. The van der Waals surface area contributed by atoms with Gasteiger partial charge in [0.2, 0.25) is 11.8 Å². The van der Waals surface area contributed by atoms with Crippen molar-refractivity contribution in [2.75, 3.05) is 13.1 Å². The third-order valence-corrected chi connectivity index (χ3v) is 3.18. The van der Waals surface area contributed by atoms with Gasteiger partial charge in [-0.2, -0.15) is 0 Å². The van der Waals surface area contributed by atoms with Crippen LogP contribution in [0, 0.1) is 0 Å². The van der Waals surface area contributed by atoms with Crippen molar-refractivity contribution in [3.05, 3.63) is 48.0 Å². The Hall–Kier alpha value is -2.10. The molecule has 1 saturated heterocycles. The summed E-state index contributed by atoms with van der Waals surface area (Å²) in [5.41, 5.74) is 0.855. The van der Waals surface area contributed by atoms with Gasteiger partial charge in [-0.1, -0.05) is 42.5 Å². The first-order valence-electron chi connectivity index (χ1n) is 6.47. The second-order valence-electron chi connectivity index (χ2n) is 4.48. The number of carbonyl (C=O) groups excluding carboxylic acids is 2. The molecule has 1 unspecified atom stereocenters. The Balaban J connectivity index is 2.23. The van der Waals surface area contributed by atoms with Crippen molar-refractivity contribution in [3.63, 3.8) is 0 Å². The highest BCUT2D eigenvalue weighted by Gasteiger charge is 2.34. The predicted molar refractivity (Wildman–Crippen MR) is 73.3 cm³/mol. The average Bonchev–Trinajstić information content (AvgIpc) is 2.44. The highest BCUT2D eigenvalue weighted by molar-refractivity contribution is 5.95. The fraction of sp³-hybridized carbons (Fsp3) is 0.333. The molecule has 1 aliphatic rings. The molecule has 100 valence electrons. The molecule has 1 heterocycles. The lowest BCUT2D eigenvalue weighted by Gasteiger charge is -2.35. The smallest absolute Gasteiger partial charge is 0.247 e. The number of amides is 2. The van der Waals surface area contributed by atoms with E-state index in [4.69, 9.17) is 0 Å². The van der Waals surface area contributed by atoms with Crippen LogP contribution in [0.1, 0.15) is 24.9 Å². The number of nitrogens with zero attached hydrogens (tertiary/aromatic N) is 1. The summed E-state index contributed by atoms with van der Waals surface area (Å²) in [6.45, 7) is 2.60. The molecule has 0 aromatic heterocycles. The number of piperazine rings is 1. The highest BCUT2D eigenvalue weighted by Crippen LogP contribution is 2.23. The van der Waals surface area contributed by atoms with Crippen LogP contribution in [0.15, 0.2) is 42.5 Å². The predicted octanol–water partition coefficient (Wildman–Crippen LogP) is 1.65. The number of carbonyl (C=O) groups is 2. The highest BCUT2D eigenvalue weighted by atomic mass is 16.2. The van der Waals surface area contributed by atoms with Gasteiger partial charge in [-0.15, -0.1) is 0 Å². The Labute approximate surface area is 113 Å². The summed E-state index contributed by atoms with van der Waals surface area (Å²) in [4.78, 5) is 25.7. The van der Waals surface area contributed by atoms with Crippen LogP contribution >= 0.6 is 0 Å². The van der Waals surface area contributed by atoms with Crippen LogP contribution in [-0.4, -0.2) is 29.8 Å². The molecular weight excluding hydrogens is 240 g/mol. The van der Waals surface area contributed by atoms with E-state index < -0.39 is 6.04 Å². The summed E-state index contributed by atoms with van der Waals surface area (Å²) < 4.78 is 0. The van der Waals surface area contributed by atoms with Crippen molar-refractivity contribution in [2.24, 2.45) is 0 Å². The summed E-state index contributed by atoms with van der Waals surface area (Å²) in [7, 11) is 0. The first kappa shape index (κ1) is 13.3. The molecule has 1 aliphatic heterocycles. The van der Waals surface area contributed by atoms with E-state index >= 15 is 0 Å². The lowest BCUT2D eigenvalue weighted by atomic mass is 10.0. The summed E-state index contributed by atoms with van der Waals surface area (Å²) in [6, 6.07) is 8.91. The second-order valence-corrected chi connectivity index (χ2v) is 4.48. The summed E-state index contributed by atoms with van der Waals surface area (Å²) >= 11 is 0. The minimum atomic E-state index is -0.507. The number of hydrogen-bond acceptors (Lipinski definition) is 2. The number of nitrogens with one attached hydrogen (secondary N) is 1. The molecule has 4 heteroatoms. The molecule has 0 saturated carbocycles. The van der Waals surface area contributed by atoms with Crippen LogP contribution < -0.4 is 5.32 Å². The Morgan fingerprint density at radius 3 is 2.74 bits per heavy atom. The van der Waals surface area contributed by atoms with E-state index in [0.717, 1.165) is 12.0 Å². The van der Waals surface area contributed by atoms with E-state index in [2.05, 4.69) is 5.32 Å². The lowest BCUT2D eigenvalue weighted by molar-refractivity contribution is -0.145. The fourth-order valence-electron chi connectivity index (χ4n) is 2.25. The maximum atomic E-state index is 12.1. The minimum Gasteiger partial charge on any atom is -0.345 e. The van der Waals surface area contributed by atoms with Gasteiger partial charge in [-0.05, 0) is 18.9 Å². The molecule has 1 N–H and O–H groups in total. The van der Waals surface area contributed by atoms with Gasteiger partial charge in [-0.25, -0.2) is 0 Å². The molecule has 1 atom stereocenters. The fourth-order valence-corrected chi connectivity index (χ4v) is 2.25.